The second-order valence-electron chi connectivity index (χ2n) is 6.94. The number of aromatic nitrogens is 2. The standard InChI is InChI=1S/C22H22BrN5O3S/c1-14-4-2-5-15(12-14)20(30)24-10-8-18(29)26-22-28-27-19(32-22)9-11-25-21(31)16-6-3-7-17(23)13-16/h2-7,12-13H,8-11H2,1H3,(H,24,30)(H,25,31)(H,26,28,29). The molecule has 8 nitrogen and oxygen atoms in total. The summed E-state index contributed by atoms with van der Waals surface area (Å²) in [5, 5.41) is 17.3. The molecule has 0 bridgehead atoms. The Balaban J connectivity index is 1.37. The molecule has 10 heteroatoms. The molecule has 0 radical (unpaired) electrons. The summed E-state index contributed by atoms with van der Waals surface area (Å²) in [5.41, 5.74) is 2.13. The van der Waals surface area contributed by atoms with Crippen molar-refractivity contribution < 1.29 is 14.4 Å². The number of halogens is 1. The van der Waals surface area contributed by atoms with Crippen LogP contribution in [0.1, 0.15) is 37.7 Å². The number of hydrogen-bond acceptors (Lipinski definition) is 6. The molecule has 3 amide bonds. The van der Waals surface area contributed by atoms with Crippen molar-refractivity contribution in [2.45, 2.75) is 19.8 Å². The Kier molecular flexibility index (Phi) is 8.46. The molecule has 0 spiro atoms. The van der Waals surface area contributed by atoms with E-state index in [0.29, 0.717) is 34.2 Å². The summed E-state index contributed by atoms with van der Waals surface area (Å²) in [4.78, 5) is 36.3. The number of aryl methyl sites for hydroxylation is 1. The maximum atomic E-state index is 12.1. The van der Waals surface area contributed by atoms with E-state index in [1.807, 2.05) is 25.1 Å². The second-order valence-corrected chi connectivity index (χ2v) is 8.92. The van der Waals surface area contributed by atoms with Crippen LogP contribution in [0.25, 0.3) is 0 Å². The maximum absolute atomic E-state index is 12.1. The summed E-state index contributed by atoms with van der Waals surface area (Å²) in [5.74, 6) is -0.651. The number of carbonyl (C=O) groups is 3. The number of anilines is 1. The van der Waals surface area contributed by atoms with Gasteiger partial charge in [-0.2, -0.15) is 0 Å². The molecule has 0 atom stereocenters. The highest BCUT2D eigenvalue weighted by Gasteiger charge is 2.11. The van der Waals surface area contributed by atoms with Gasteiger partial charge in [0.25, 0.3) is 11.8 Å². The van der Waals surface area contributed by atoms with Crippen LogP contribution in [0.5, 0.6) is 0 Å². The van der Waals surface area contributed by atoms with E-state index in [4.69, 9.17) is 0 Å². The van der Waals surface area contributed by atoms with Gasteiger partial charge in [-0.3, -0.25) is 14.4 Å². The molecule has 1 heterocycles. The average molecular weight is 516 g/mol. The lowest BCUT2D eigenvalue weighted by Gasteiger charge is -2.05. The van der Waals surface area contributed by atoms with Crippen LogP contribution >= 0.6 is 27.3 Å². The molecule has 3 rings (SSSR count). The quantitative estimate of drug-likeness (QED) is 0.404. The fraction of sp³-hybridized carbons (Fsp3) is 0.227. The van der Waals surface area contributed by atoms with E-state index in [0.717, 1.165) is 10.0 Å². The van der Waals surface area contributed by atoms with E-state index in [2.05, 4.69) is 42.1 Å². The number of nitrogens with one attached hydrogen (secondary N) is 3. The van der Waals surface area contributed by atoms with Gasteiger partial charge in [-0.15, -0.1) is 10.2 Å². The van der Waals surface area contributed by atoms with Crippen molar-refractivity contribution in [3.05, 3.63) is 74.7 Å². The van der Waals surface area contributed by atoms with Crippen LogP contribution in [-0.4, -0.2) is 41.0 Å². The van der Waals surface area contributed by atoms with Crippen LogP contribution in [-0.2, 0) is 11.2 Å². The number of rotatable bonds is 9. The third-order valence-electron chi connectivity index (χ3n) is 4.34. The highest BCUT2D eigenvalue weighted by molar-refractivity contribution is 9.10. The van der Waals surface area contributed by atoms with Gasteiger partial charge in [0.2, 0.25) is 11.0 Å². The molecule has 0 aliphatic heterocycles. The van der Waals surface area contributed by atoms with Gasteiger partial charge >= 0.3 is 0 Å². The molecule has 32 heavy (non-hydrogen) atoms. The monoisotopic (exact) mass is 515 g/mol. The van der Waals surface area contributed by atoms with Crippen molar-refractivity contribution >= 4 is 50.1 Å². The lowest BCUT2D eigenvalue weighted by molar-refractivity contribution is -0.116. The molecule has 0 unspecified atom stereocenters. The number of amides is 3. The SMILES string of the molecule is Cc1cccc(C(=O)NCCC(=O)Nc2nnc(CCNC(=O)c3cccc(Br)c3)s2)c1. The van der Waals surface area contributed by atoms with Gasteiger partial charge in [-0.05, 0) is 37.3 Å². The van der Waals surface area contributed by atoms with Crippen molar-refractivity contribution in [3.63, 3.8) is 0 Å². The molecule has 0 aliphatic carbocycles. The summed E-state index contributed by atoms with van der Waals surface area (Å²) in [6, 6.07) is 14.4. The molecular weight excluding hydrogens is 494 g/mol. The minimum atomic E-state index is -0.264. The van der Waals surface area contributed by atoms with Gasteiger partial charge < -0.3 is 16.0 Å². The lowest BCUT2D eigenvalue weighted by Crippen LogP contribution is -2.27. The van der Waals surface area contributed by atoms with Crippen LogP contribution in [0.4, 0.5) is 5.13 Å². The number of benzene rings is 2. The molecule has 166 valence electrons. The second kappa shape index (κ2) is 11.5. The fourth-order valence-corrected chi connectivity index (χ4v) is 3.93. The van der Waals surface area contributed by atoms with E-state index in [9.17, 15) is 14.4 Å². The summed E-state index contributed by atoms with van der Waals surface area (Å²) in [6.45, 7) is 2.53. The summed E-state index contributed by atoms with van der Waals surface area (Å²) < 4.78 is 0.837. The highest BCUT2D eigenvalue weighted by atomic mass is 79.9. The third kappa shape index (κ3) is 7.24. The average Bonchev–Trinajstić information content (AvgIpc) is 3.20. The van der Waals surface area contributed by atoms with Crippen molar-refractivity contribution in [2.75, 3.05) is 18.4 Å². The van der Waals surface area contributed by atoms with Crippen LogP contribution < -0.4 is 16.0 Å². The molecule has 0 saturated carbocycles. The summed E-state index contributed by atoms with van der Waals surface area (Å²) in [6.07, 6.45) is 0.620. The Morgan fingerprint density at radius 3 is 2.34 bits per heavy atom. The van der Waals surface area contributed by atoms with Gasteiger partial charge in [0.1, 0.15) is 5.01 Å². The minimum absolute atomic E-state index is 0.120. The lowest BCUT2D eigenvalue weighted by atomic mass is 10.1. The van der Waals surface area contributed by atoms with Crippen LogP contribution in [0.15, 0.2) is 53.0 Å². The Morgan fingerprint density at radius 2 is 1.62 bits per heavy atom. The first-order valence-corrected chi connectivity index (χ1v) is 11.5. The molecule has 3 N–H and O–H groups in total. The van der Waals surface area contributed by atoms with Gasteiger partial charge in [0.15, 0.2) is 0 Å². The largest absolute Gasteiger partial charge is 0.352 e. The van der Waals surface area contributed by atoms with Gasteiger partial charge in [-0.25, -0.2) is 0 Å². The van der Waals surface area contributed by atoms with Crippen LogP contribution in [0, 0.1) is 6.92 Å². The van der Waals surface area contributed by atoms with E-state index in [1.165, 1.54) is 11.3 Å². The Morgan fingerprint density at radius 1 is 0.938 bits per heavy atom. The third-order valence-corrected chi connectivity index (χ3v) is 5.73. The zero-order chi connectivity index (χ0) is 22.9. The fourth-order valence-electron chi connectivity index (χ4n) is 2.78. The highest BCUT2D eigenvalue weighted by Crippen LogP contribution is 2.16. The molecule has 1 aromatic heterocycles. The number of carbonyl (C=O) groups excluding carboxylic acids is 3. The molecule has 0 aliphatic rings. The van der Waals surface area contributed by atoms with E-state index >= 15 is 0 Å². The first-order valence-electron chi connectivity index (χ1n) is 9.91. The summed E-state index contributed by atoms with van der Waals surface area (Å²) in [7, 11) is 0. The minimum Gasteiger partial charge on any atom is -0.352 e. The van der Waals surface area contributed by atoms with Gasteiger partial charge in [0.05, 0.1) is 0 Å². The van der Waals surface area contributed by atoms with E-state index in [1.54, 1.807) is 30.3 Å². The van der Waals surface area contributed by atoms with Crippen LogP contribution in [0.3, 0.4) is 0 Å². The van der Waals surface area contributed by atoms with Gasteiger partial charge in [-0.1, -0.05) is 51.0 Å². The normalized spacial score (nSPS) is 10.4. The zero-order valence-corrected chi connectivity index (χ0v) is 19.8. The molecule has 2 aromatic carbocycles. The van der Waals surface area contributed by atoms with Crippen LogP contribution in [0.2, 0.25) is 0 Å². The predicted molar refractivity (Wildman–Crippen MR) is 127 cm³/mol. The van der Waals surface area contributed by atoms with E-state index in [-0.39, 0.29) is 30.7 Å². The molecule has 0 fully saturated rings. The van der Waals surface area contributed by atoms with Crippen molar-refractivity contribution in [3.8, 4) is 0 Å². The smallest absolute Gasteiger partial charge is 0.251 e. The first-order chi connectivity index (χ1) is 15.4. The Labute approximate surface area is 198 Å². The predicted octanol–water partition coefficient (Wildman–Crippen LogP) is 3.34. The molecule has 3 aromatic rings. The molecular formula is C22H22BrN5O3S. The van der Waals surface area contributed by atoms with E-state index < -0.39 is 0 Å². The van der Waals surface area contributed by atoms with Crippen molar-refractivity contribution in [1.82, 2.24) is 20.8 Å². The van der Waals surface area contributed by atoms with Crippen molar-refractivity contribution in [2.24, 2.45) is 0 Å². The molecule has 0 saturated heterocycles. The van der Waals surface area contributed by atoms with Gasteiger partial charge in [0, 0.05) is 41.5 Å². The first kappa shape index (κ1) is 23.6. The number of nitrogens with zero attached hydrogens (tertiary/aromatic N) is 2. The Hall–Kier alpha value is -3.11. The van der Waals surface area contributed by atoms with Crippen molar-refractivity contribution in [1.29, 1.82) is 0 Å². The zero-order valence-electron chi connectivity index (χ0n) is 17.4. The Bertz CT molecular complexity index is 1120. The maximum Gasteiger partial charge on any atom is 0.251 e. The summed E-state index contributed by atoms with van der Waals surface area (Å²) >= 11 is 4.59. The topological polar surface area (TPSA) is 113 Å². The number of hydrogen-bond donors (Lipinski definition) is 3.